The molecule has 0 aromatic heterocycles. The molecule has 1 aromatic rings. The van der Waals surface area contributed by atoms with Gasteiger partial charge in [0.05, 0.1) is 0 Å². The van der Waals surface area contributed by atoms with Gasteiger partial charge in [-0.3, -0.25) is 9.59 Å². The zero-order valence-corrected chi connectivity index (χ0v) is 11.8. The highest BCUT2D eigenvalue weighted by atomic mass is 16.5. The number of para-hydroxylation sites is 1. The highest BCUT2D eigenvalue weighted by Gasteiger charge is 2.17. The Kier molecular flexibility index (Phi) is 6.67. The molecule has 0 aliphatic carbocycles. The Hall–Kier alpha value is -2.63. The van der Waals surface area contributed by atoms with E-state index in [4.69, 9.17) is 10.5 Å². The summed E-state index contributed by atoms with van der Waals surface area (Å²) in [5.74, 6) is -1.51. The number of carbonyl (C=O) groups is 3. The zero-order chi connectivity index (χ0) is 15.7. The second-order valence-corrected chi connectivity index (χ2v) is 4.20. The van der Waals surface area contributed by atoms with Crippen LogP contribution < -0.4 is 10.6 Å². The third-order valence-corrected chi connectivity index (χ3v) is 2.59. The molecule has 2 N–H and O–H groups in total. The molecule has 0 unspecified atom stereocenters. The van der Waals surface area contributed by atoms with Gasteiger partial charge < -0.3 is 15.4 Å². The Labute approximate surface area is 123 Å². The van der Waals surface area contributed by atoms with Gasteiger partial charge in [-0.25, -0.2) is 4.79 Å². The fourth-order valence-electron chi connectivity index (χ4n) is 1.62. The van der Waals surface area contributed by atoms with E-state index in [-0.39, 0.29) is 13.0 Å². The number of rotatable bonds is 7. The number of carbonyl (C=O) groups excluding carboxylic acids is 3. The SMILES string of the molecule is C/C=C/C(=O)OCC(=O)N(CCC(N)=O)c1ccccc1. The van der Waals surface area contributed by atoms with Crippen LogP contribution in [-0.2, 0) is 19.1 Å². The minimum Gasteiger partial charge on any atom is -0.452 e. The largest absolute Gasteiger partial charge is 0.452 e. The molecule has 0 aliphatic heterocycles. The molecule has 0 radical (unpaired) electrons. The Morgan fingerprint density at radius 3 is 2.48 bits per heavy atom. The van der Waals surface area contributed by atoms with Gasteiger partial charge in [-0.05, 0) is 19.1 Å². The maximum absolute atomic E-state index is 12.1. The monoisotopic (exact) mass is 290 g/mol. The molecule has 0 bridgehead atoms. The fourth-order valence-corrected chi connectivity index (χ4v) is 1.62. The van der Waals surface area contributed by atoms with Crippen LogP contribution in [0.25, 0.3) is 0 Å². The van der Waals surface area contributed by atoms with Gasteiger partial charge in [0, 0.05) is 24.7 Å². The lowest BCUT2D eigenvalue weighted by atomic mass is 10.2. The number of benzene rings is 1. The van der Waals surface area contributed by atoms with Gasteiger partial charge in [0.1, 0.15) is 0 Å². The average molecular weight is 290 g/mol. The average Bonchev–Trinajstić information content (AvgIpc) is 2.46. The summed E-state index contributed by atoms with van der Waals surface area (Å²) < 4.78 is 4.82. The molecule has 0 aliphatic rings. The van der Waals surface area contributed by atoms with Crippen molar-refractivity contribution in [3.63, 3.8) is 0 Å². The molecule has 6 heteroatoms. The number of primary amides is 1. The summed E-state index contributed by atoms with van der Waals surface area (Å²) in [4.78, 5) is 35.6. The van der Waals surface area contributed by atoms with Crippen LogP contribution in [0.2, 0.25) is 0 Å². The third kappa shape index (κ3) is 5.90. The summed E-state index contributed by atoms with van der Waals surface area (Å²) in [5.41, 5.74) is 5.73. The van der Waals surface area contributed by atoms with Crippen LogP contribution in [0.3, 0.4) is 0 Å². The van der Waals surface area contributed by atoms with Gasteiger partial charge in [0.2, 0.25) is 5.91 Å². The molecule has 0 heterocycles. The Morgan fingerprint density at radius 2 is 1.90 bits per heavy atom. The summed E-state index contributed by atoms with van der Waals surface area (Å²) in [6, 6.07) is 8.81. The van der Waals surface area contributed by atoms with Crippen molar-refractivity contribution < 1.29 is 19.1 Å². The molecule has 2 amide bonds. The number of ether oxygens (including phenoxy) is 1. The number of allylic oxidation sites excluding steroid dienone is 1. The maximum Gasteiger partial charge on any atom is 0.330 e. The van der Waals surface area contributed by atoms with E-state index in [0.29, 0.717) is 5.69 Å². The topological polar surface area (TPSA) is 89.7 Å². The van der Waals surface area contributed by atoms with Gasteiger partial charge >= 0.3 is 5.97 Å². The smallest absolute Gasteiger partial charge is 0.330 e. The maximum atomic E-state index is 12.1. The molecule has 0 atom stereocenters. The summed E-state index contributed by atoms with van der Waals surface area (Å²) in [6.07, 6.45) is 2.78. The van der Waals surface area contributed by atoms with Crippen LogP contribution in [0.4, 0.5) is 5.69 Å². The van der Waals surface area contributed by atoms with Gasteiger partial charge in [0.25, 0.3) is 5.91 Å². The molecule has 0 spiro atoms. The van der Waals surface area contributed by atoms with Crippen LogP contribution in [0.15, 0.2) is 42.5 Å². The van der Waals surface area contributed by atoms with E-state index in [2.05, 4.69) is 0 Å². The highest BCUT2D eigenvalue weighted by Crippen LogP contribution is 2.14. The predicted molar refractivity (Wildman–Crippen MR) is 78.4 cm³/mol. The van der Waals surface area contributed by atoms with Crippen LogP contribution in [-0.4, -0.2) is 30.9 Å². The first-order valence-electron chi connectivity index (χ1n) is 6.47. The van der Waals surface area contributed by atoms with Gasteiger partial charge in [-0.1, -0.05) is 24.3 Å². The molecule has 0 saturated heterocycles. The molecule has 0 fully saturated rings. The number of hydrogen-bond acceptors (Lipinski definition) is 4. The summed E-state index contributed by atoms with van der Waals surface area (Å²) in [6.45, 7) is 1.42. The second kappa shape index (κ2) is 8.52. The molecule has 6 nitrogen and oxygen atoms in total. The van der Waals surface area contributed by atoms with Crippen molar-refractivity contribution in [1.82, 2.24) is 0 Å². The van der Waals surface area contributed by atoms with Crippen LogP contribution in [0.5, 0.6) is 0 Å². The lowest BCUT2D eigenvalue weighted by molar-refractivity contribution is -0.143. The van der Waals surface area contributed by atoms with E-state index in [1.807, 2.05) is 6.07 Å². The number of nitrogens with zero attached hydrogens (tertiary/aromatic N) is 1. The zero-order valence-electron chi connectivity index (χ0n) is 11.8. The normalized spacial score (nSPS) is 10.3. The van der Waals surface area contributed by atoms with Crippen molar-refractivity contribution in [1.29, 1.82) is 0 Å². The third-order valence-electron chi connectivity index (χ3n) is 2.59. The standard InChI is InChI=1S/C15H18N2O4/c1-2-6-15(20)21-11-14(19)17(10-9-13(16)18)12-7-4-3-5-8-12/h2-8H,9-11H2,1H3,(H2,16,18)/b6-2+. The molecule has 112 valence electrons. The van der Waals surface area contributed by atoms with Crippen molar-refractivity contribution in [2.75, 3.05) is 18.1 Å². The van der Waals surface area contributed by atoms with Crippen LogP contribution >= 0.6 is 0 Å². The van der Waals surface area contributed by atoms with Crippen molar-refractivity contribution in [3.05, 3.63) is 42.5 Å². The lowest BCUT2D eigenvalue weighted by Gasteiger charge is -2.22. The Balaban J connectivity index is 2.73. The molecular formula is C15H18N2O4. The van der Waals surface area contributed by atoms with E-state index < -0.39 is 24.4 Å². The van der Waals surface area contributed by atoms with Crippen molar-refractivity contribution in [2.24, 2.45) is 5.73 Å². The van der Waals surface area contributed by atoms with E-state index in [0.717, 1.165) is 0 Å². The minimum atomic E-state index is -0.589. The molecule has 1 aromatic carbocycles. The molecule has 1 rings (SSSR count). The van der Waals surface area contributed by atoms with Crippen LogP contribution in [0, 0.1) is 0 Å². The number of anilines is 1. The molecular weight excluding hydrogens is 272 g/mol. The minimum absolute atomic E-state index is 0.0312. The second-order valence-electron chi connectivity index (χ2n) is 4.20. The Bertz CT molecular complexity index is 526. The number of hydrogen-bond donors (Lipinski definition) is 1. The summed E-state index contributed by atoms with van der Waals surface area (Å²) in [5, 5.41) is 0. The number of esters is 1. The highest BCUT2D eigenvalue weighted by molar-refractivity contribution is 5.96. The molecule has 21 heavy (non-hydrogen) atoms. The Morgan fingerprint density at radius 1 is 1.24 bits per heavy atom. The first-order chi connectivity index (χ1) is 10.0. The summed E-state index contributed by atoms with van der Waals surface area (Å²) in [7, 11) is 0. The number of nitrogens with two attached hydrogens (primary N) is 1. The first kappa shape index (κ1) is 16.4. The summed E-state index contributed by atoms with van der Waals surface area (Å²) >= 11 is 0. The molecule has 0 saturated carbocycles. The van der Waals surface area contributed by atoms with Gasteiger partial charge in [-0.2, -0.15) is 0 Å². The predicted octanol–water partition coefficient (Wildman–Crippen LogP) is 1.01. The van der Waals surface area contributed by atoms with Crippen molar-refractivity contribution >= 4 is 23.5 Å². The lowest BCUT2D eigenvalue weighted by Crippen LogP contribution is -2.37. The van der Waals surface area contributed by atoms with E-state index >= 15 is 0 Å². The fraction of sp³-hybridized carbons (Fsp3) is 0.267. The van der Waals surface area contributed by atoms with E-state index in [1.54, 1.807) is 31.2 Å². The number of amides is 2. The quantitative estimate of drug-likeness (QED) is 0.599. The van der Waals surface area contributed by atoms with Crippen molar-refractivity contribution in [2.45, 2.75) is 13.3 Å². The van der Waals surface area contributed by atoms with Crippen molar-refractivity contribution in [3.8, 4) is 0 Å². The van der Waals surface area contributed by atoms with E-state index in [9.17, 15) is 14.4 Å². The van der Waals surface area contributed by atoms with E-state index in [1.165, 1.54) is 17.1 Å². The first-order valence-corrected chi connectivity index (χ1v) is 6.47. The van der Waals surface area contributed by atoms with Gasteiger partial charge in [0.15, 0.2) is 6.61 Å². The van der Waals surface area contributed by atoms with Crippen LogP contribution in [0.1, 0.15) is 13.3 Å². The van der Waals surface area contributed by atoms with Gasteiger partial charge in [-0.15, -0.1) is 0 Å².